The van der Waals surface area contributed by atoms with Crippen LogP contribution in [0.3, 0.4) is 0 Å². The van der Waals surface area contributed by atoms with E-state index in [0.29, 0.717) is 12.8 Å². The van der Waals surface area contributed by atoms with Crippen LogP contribution in [0.25, 0.3) is 0 Å². The highest BCUT2D eigenvalue weighted by atomic mass is 16.4. The van der Waals surface area contributed by atoms with Crippen molar-refractivity contribution in [3.05, 3.63) is 34.4 Å². The maximum Gasteiger partial charge on any atom is 0.311 e. The number of hydrogen-bond acceptors (Lipinski definition) is 2. The molecule has 0 bridgehead atoms. The van der Waals surface area contributed by atoms with Crippen LogP contribution in [0.2, 0.25) is 0 Å². The summed E-state index contributed by atoms with van der Waals surface area (Å²) in [6, 6.07) is 3.75. The Balaban J connectivity index is 2.42. The molecule has 2 rings (SSSR count). The highest BCUT2D eigenvalue weighted by Gasteiger charge is 2.50. The SMILES string of the molecule is Cc1cc(C)c(C(N)C2(C(=O)O)CCC2)cc1C. The maximum atomic E-state index is 11.5. The van der Waals surface area contributed by atoms with Gasteiger partial charge in [-0.3, -0.25) is 4.79 Å². The van der Waals surface area contributed by atoms with E-state index in [9.17, 15) is 9.90 Å². The van der Waals surface area contributed by atoms with Crippen LogP contribution in [-0.2, 0) is 4.79 Å². The lowest BCUT2D eigenvalue weighted by atomic mass is 9.62. The average Bonchev–Trinajstić information content (AvgIpc) is 2.20. The number of hydrogen-bond donors (Lipinski definition) is 2. The zero-order valence-corrected chi connectivity index (χ0v) is 11.3. The Morgan fingerprint density at radius 3 is 2.22 bits per heavy atom. The first-order valence-electron chi connectivity index (χ1n) is 6.45. The number of carbonyl (C=O) groups is 1. The van der Waals surface area contributed by atoms with Gasteiger partial charge in [0.2, 0.25) is 0 Å². The molecule has 0 aromatic heterocycles. The molecule has 1 atom stereocenters. The third kappa shape index (κ3) is 1.83. The zero-order valence-electron chi connectivity index (χ0n) is 11.3. The fourth-order valence-corrected chi connectivity index (χ4v) is 2.83. The number of carboxylic acid groups (broad SMARTS) is 1. The summed E-state index contributed by atoms with van der Waals surface area (Å²) in [5.74, 6) is -0.751. The Kier molecular flexibility index (Phi) is 3.20. The number of rotatable bonds is 3. The Bertz CT molecular complexity index is 490. The molecule has 3 nitrogen and oxygen atoms in total. The molecule has 1 fully saturated rings. The molecular formula is C15H21NO2. The smallest absolute Gasteiger partial charge is 0.311 e. The molecule has 0 radical (unpaired) electrons. The Labute approximate surface area is 108 Å². The van der Waals surface area contributed by atoms with Crippen molar-refractivity contribution in [3.63, 3.8) is 0 Å². The summed E-state index contributed by atoms with van der Waals surface area (Å²) in [6.45, 7) is 6.11. The molecule has 1 aromatic rings. The highest BCUT2D eigenvalue weighted by Crippen LogP contribution is 2.50. The fraction of sp³-hybridized carbons (Fsp3) is 0.533. The minimum absolute atomic E-state index is 0.400. The molecule has 18 heavy (non-hydrogen) atoms. The summed E-state index contributed by atoms with van der Waals surface area (Å²) in [5, 5.41) is 9.45. The topological polar surface area (TPSA) is 63.3 Å². The molecule has 1 aromatic carbocycles. The minimum Gasteiger partial charge on any atom is -0.481 e. The van der Waals surface area contributed by atoms with Crippen LogP contribution in [-0.4, -0.2) is 11.1 Å². The van der Waals surface area contributed by atoms with Gasteiger partial charge in [-0.1, -0.05) is 18.6 Å². The Morgan fingerprint density at radius 1 is 1.22 bits per heavy atom. The molecule has 1 aliphatic rings. The molecular weight excluding hydrogens is 226 g/mol. The first-order chi connectivity index (χ1) is 8.38. The van der Waals surface area contributed by atoms with E-state index in [-0.39, 0.29) is 0 Å². The van der Waals surface area contributed by atoms with Crippen molar-refractivity contribution in [2.45, 2.75) is 46.1 Å². The predicted molar refractivity (Wildman–Crippen MR) is 71.5 cm³/mol. The molecule has 0 spiro atoms. The number of nitrogens with two attached hydrogens (primary N) is 1. The predicted octanol–water partition coefficient (Wildman–Crippen LogP) is 2.87. The molecule has 1 saturated carbocycles. The quantitative estimate of drug-likeness (QED) is 0.863. The van der Waals surface area contributed by atoms with Crippen LogP contribution < -0.4 is 5.73 Å². The van der Waals surface area contributed by atoms with Gasteiger partial charge in [0, 0.05) is 6.04 Å². The van der Waals surface area contributed by atoms with E-state index in [1.165, 1.54) is 11.1 Å². The van der Waals surface area contributed by atoms with Crippen LogP contribution in [0.15, 0.2) is 12.1 Å². The van der Waals surface area contributed by atoms with Crippen LogP contribution in [0.4, 0.5) is 0 Å². The molecule has 98 valence electrons. The lowest BCUT2D eigenvalue weighted by Gasteiger charge is -2.43. The lowest BCUT2D eigenvalue weighted by molar-refractivity contribution is -0.156. The summed E-state index contributed by atoms with van der Waals surface area (Å²) in [7, 11) is 0. The highest BCUT2D eigenvalue weighted by molar-refractivity contribution is 5.77. The Morgan fingerprint density at radius 2 is 1.78 bits per heavy atom. The van der Waals surface area contributed by atoms with Gasteiger partial charge in [-0.15, -0.1) is 0 Å². The third-order valence-corrected chi connectivity index (χ3v) is 4.48. The third-order valence-electron chi connectivity index (χ3n) is 4.48. The van der Waals surface area contributed by atoms with E-state index in [2.05, 4.69) is 19.1 Å². The summed E-state index contributed by atoms with van der Waals surface area (Å²) < 4.78 is 0. The molecule has 1 aliphatic carbocycles. The number of aliphatic carboxylic acids is 1. The second-order valence-corrected chi connectivity index (χ2v) is 5.59. The standard InChI is InChI=1S/C15H21NO2/c1-9-7-11(3)12(8-10(9)2)13(16)15(14(17)18)5-4-6-15/h7-8,13H,4-6,16H2,1-3H3,(H,17,18). The number of carboxylic acids is 1. The second kappa shape index (κ2) is 4.39. The lowest BCUT2D eigenvalue weighted by Crippen LogP contribution is -2.47. The van der Waals surface area contributed by atoms with Crippen LogP contribution >= 0.6 is 0 Å². The monoisotopic (exact) mass is 247 g/mol. The fourth-order valence-electron chi connectivity index (χ4n) is 2.83. The summed E-state index contributed by atoms with van der Waals surface area (Å²) >= 11 is 0. The van der Waals surface area contributed by atoms with Gasteiger partial charge in [0.25, 0.3) is 0 Å². The van der Waals surface area contributed by atoms with Crippen LogP contribution in [0.1, 0.15) is 47.6 Å². The first-order valence-corrected chi connectivity index (χ1v) is 6.45. The van der Waals surface area contributed by atoms with Crippen molar-refractivity contribution in [1.82, 2.24) is 0 Å². The van der Waals surface area contributed by atoms with E-state index in [0.717, 1.165) is 17.5 Å². The average molecular weight is 247 g/mol. The van der Waals surface area contributed by atoms with Gasteiger partial charge in [0.15, 0.2) is 0 Å². The van der Waals surface area contributed by atoms with E-state index < -0.39 is 17.4 Å². The zero-order chi connectivity index (χ0) is 13.5. The second-order valence-electron chi connectivity index (χ2n) is 5.59. The van der Waals surface area contributed by atoms with Gasteiger partial charge < -0.3 is 10.8 Å². The summed E-state index contributed by atoms with van der Waals surface area (Å²) in [5.41, 5.74) is 10.0. The van der Waals surface area contributed by atoms with E-state index in [1.807, 2.05) is 13.8 Å². The minimum atomic E-state index is -0.751. The van der Waals surface area contributed by atoms with E-state index >= 15 is 0 Å². The summed E-state index contributed by atoms with van der Waals surface area (Å²) in [4.78, 5) is 11.5. The van der Waals surface area contributed by atoms with Gasteiger partial charge >= 0.3 is 5.97 Å². The molecule has 3 N–H and O–H groups in total. The normalized spacial score (nSPS) is 19.1. The largest absolute Gasteiger partial charge is 0.481 e. The van der Waals surface area contributed by atoms with Crippen molar-refractivity contribution < 1.29 is 9.90 Å². The van der Waals surface area contributed by atoms with Crippen molar-refractivity contribution in [3.8, 4) is 0 Å². The molecule has 0 aliphatic heterocycles. The van der Waals surface area contributed by atoms with Gasteiger partial charge in [0.05, 0.1) is 5.41 Å². The molecule has 0 heterocycles. The molecule has 3 heteroatoms. The van der Waals surface area contributed by atoms with Gasteiger partial charge in [-0.05, 0) is 55.9 Å². The Hall–Kier alpha value is -1.35. The summed E-state index contributed by atoms with van der Waals surface area (Å²) in [6.07, 6.45) is 2.34. The van der Waals surface area contributed by atoms with Gasteiger partial charge in [-0.2, -0.15) is 0 Å². The van der Waals surface area contributed by atoms with Gasteiger partial charge in [0.1, 0.15) is 0 Å². The van der Waals surface area contributed by atoms with Crippen molar-refractivity contribution in [2.24, 2.45) is 11.1 Å². The van der Waals surface area contributed by atoms with Crippen LogP contribution in [0.5, 0.6) is 0 Å². The number of benzene rings is 1. The van der Waals surface area contributed by atoms with E-state index in [4.69, 9.17) is 5.73 Å². The number of aryl methyl sites for hydroxylation is 3. The van der Waals surface area contributed by atoms with E-state index in [1.54, 1.807) is 0 Å². The maximum absolute atomic E-state index is 11.5. The first kappa shape index (κ1) is 13.1. The molecule has 0 saturated heterocycles. The van der Waals surface area contributed by atoms with Crippen molar-refractivity contribution in [2.75, 3.05) is 0 Å². The van der Waals surface area contributed by atoms with Crippen LogP contribution in [0, 0.1) is 26.2 Å². The van der Waals surface area contributed by atoms with Gasteiger partial charge in [-0.25, -0.2) is 0 Å². The van der Waals surface area contributed by atoms with Crippen molar-refractivity contribution in [1.29, 1.82) is 0 Å². The molecule has 0 amide bonds. The molecule has 1 unspecified atom stereocenters. The van der Waals surface area contributed by atoms with Crippen molar-refractivity contribution >= 4 is 5.97 Å².